The lowest BCUT2D eigenvalue weighted by atomic mass is 10.0. The summed E-state index contributed by atoms with van der Waals surface area (Å²) in [6.07, 6.45) is 0. The third-order valence-electron chi connectivity index (χ3n) is 7.18. The normalized spacial score (nSPS) is 17.5. The van der Waals surface area contributed by atoms with Crippen LogP contribution in [0.15, 0.2) is 62.9 Å². The van der Waals surface area contributed by atoms with Crippen LogP contribution in [0.2, 0.25) is 0 Å². The van der Waals surface area contributed by atoms with E-state index in [1.165, 1.54) is 24.3 Å². The van der Waals surface area contributed by atoms with Gasteiger partial charge < -0.3 is 45.0 Å². The van der Waals surface area contributed by atoms with Gasteiger partial charge in [-0.15, -0.1) is 11.8 Å². The van der Waals surface area contributed by atoms with E-state index in [-0.39, 0.29) is 45.9 Å². The first kappa shape index (κ1) is 33.3. The Labute approximate surface area is 272 Å². The van der Waals surface area contributed by atoms with Gasteiger partial charge in [0.15, 0.2) is 18.1 Å². The summed E-state index contributed by atoms with van der Waals surface area (Å²) >= 11 is 1.12. The second-order valence-corrected chi connectivity index (χ2v) is 11.5. The van der Waals surface area contributed by atoms with E-state index in [2.05, 4.69) is 10.6 Å². The van der Waals surface area contributed by atoms with Gasteiger partial charge >= 0.3 is 23.5 Å². The molecular weight excluding hydrogens is 658 g/mol. The number of fused-ring (bicyclic) bond motifs is 2. The second kappa shape index (κ2) is 13.4. The highest BCUT2D eigenvalue weighted by atomic mass is 32.2. The molecule has 3 atom stereocenters. The molecule has 18 heteroatoms. The summed E-state index contributed by atoms with van der Waals surface area (Å²) in [5, 5.41) is 42.4. The first-order valence-electron chi connectivity index (χ1n) is 13.8. The number of nitrogens with one attached hydrogen (secondary N) is 2. The zero-order chi connectivity index (χ0) is 34.9. The third-order valence-corrected chi connectivity index (χ3v) is 8.52. The van der Waals surface area contributed by atoms with Crippen LogP contribution in [0.5, 0.6) is 17.2 Å². The van der Waals surface area contributed by atoms with Gasteiger partial charge in [-0.1, -0.05) is 12.1 Å². The van der Waals surface area contributed by atoms with E-state index in [0.29, 0.717) is 0 Å². The molecule has 0 saturated carbocycles. The monoisotopic (exact) mass is 683 g/mol. The Hall–Kier alpha value is -6.04. The molecule has 2 aliphatic heterocycles. The Bertz CT molecular complexity index is 1950. The number of β-lactam (4-membered cyclic amide) rings is 1. The van der Waals surface area contributed by atoms with Crippen LogP contribution in [0.3, 0.4) is 0 Å². The standard InChI is InChI=1S/C30H25N3O14S/c1-12(34)45-9-15-11-48-28-23(27(41)33(28)24(15)29(42)43)32-26(40)22(13-2-4-16(5-3-13)46-10-21(37)38)31-25(39)17-6-14-7-18(35)19(36)8-20(14)47-30(17)44/h2-8,22-23,28,35-36H,9-11H2,1H3,(H,31,39)(H,32,40)(H,37,38)(H,42,43)/t22?,23-,28+/m1/s1. The van der Waals surface area contributed by atoms with Gasteiger partial charge in [0, 0.05) is 29.7 Å². The van der Waals surface area contributed by atoms with Crippen LogP contribution >= 0.6 is 11.8 Å². The lowest BCUT2D eigenvalue weighted by Crippen LogP contribution is -2.71. The molecule has 1 aromatic heterocycles. The zero-order valence-corrected chi connectivity index (χ0v) is 25.4. The maximum atomic E-state index is 13.7. The third kappa shape index (κ3) is 6.73. The van der Waals surface area contributed by atoms with Crippen molar-refractivity contribution in [3.63, 3.8) is 0 Å². The average Bonchev–Trinajstić information content (AvgIpc) is 3.04. The molecule has 48 heavy (non-hydrogen) atoms. The van der Waals surface area contributed by atoms with E-state index in [0.717, 1.165) is 41.8 Å². The van der Waals surface area contributed by atoms with Gasteiger partial charge in [-0.2, -0.15) is 0 Å². The topological polar surface area (TPSA) is 259 Å². The van der Waals surface area contributed by atoms with Crippen molar-refractivity contribution in [3.05, 3.63) is 75.3 Å². The minimum absolute atomic E-state index is 0.0682. The number of thioether (sulfide) groups is 1. The molecule has 3 heterocycles. The summed E-state index contributed by atoms with van der Waals surface area (Å²) in [5.74, 6) is -7.05. The van der Waals surface area contributed by atoms with Crippen LogP contribution in [-0.2, 0) is 28.7 Å². The fourth-order valence-corrected chi connectivity index (χ4v) is 6.26. The molecule has 3 aromatic rings. The molecule has 2 aliphatic rings. The van der Waals surface area contributed by atoms with Crippen LogP contribution in [0, 0.1) is 0 Å². The lowest BCUT2D eigenvalue weighted by Gasteiger charge is -2.49. The van der Waals surface area contributed by atoms with Crippen molar-refractivity contribution in [2.75, 3.05) is 19.0 Å². The molecule has 0 radical (unpaired) electrons. The molecule has 250 valence electrons. The van der Waals surface area contributed by atoms with E-state index >= 15 is 0 Å². The number of phenols is 2. The van der Waals surface area contributed by atoms with Crippen LogP contribution in [0.4, 0.5) is 0 Å². The highest BCUT2D eigenvalue weighted by Crippen LogP contribution is 2.40. The van der Waals surface area contributed by atoms with Crippen molar-refractivity contribution < 1.29 is 63.1 Å². The van der Waals surface area contributed by atoms with Gasteiger partial charge in [0.05, 0.1) is 0 Å². The number of amides is 3. The van der Waals surface area contributed by atoms with Crippen LogP contribution in [0.1, 0.15) is 28.9 Å². The molecule has 6 N–H and O–H groups in total. The number of rotatable bonds is 11. The van der Waals surface area contributed by atoms with E-state index in [4.69, 9.17) is 19.0 Å². The van der Waals surface area contributed by atoms with Gasteiger partial charge in [-0.25, -0.2) is 14.4 Å². The first-order valence-corrected chi connectivity index (χ1v) is 14.9. The van der Waals surface area contributed by atoms with Crippen molar-refractivity contribution in [1.82, 2.24) is 15.5 Å². The predicted molar refractivity (Wildman–Crippen MR) is 162 cm³/mol. The summed E-state index contributed by atoms with van der Waals surface area (Å²) in [6.45, 7) is 0.149. The first-order chi connectivity index (χ1) is 22.7. The second-order valence-electron chi connectivity index (χ2n) is 10.4. The van der Waals surface area contributed by atoms with Crippen LogP contribution < -0.4 is 21.0 Å². The van der Waals surface area contributed by atoms with E-state index in [1.54, 1.807) is 0 Å². The fourth-order valence-electron chi connectivity index (χ4n) is 4.93. The summed E-state index contributed by atoms with van der Waals surface area (Å²) in [7, 11) is 0. The molecule has 0 bridgehead atoms. The van der Waals surface area contributed by atoms with Crippen LogP contribution in [-0.4, -0.2) is 91.3 Å². The molecule has 0 spiro atoms. The van der Waals surface area contributed by atoms with Crippen molar-refractivity contribution in [2.45, 2.75) is 24.4 Å². The number of carbonyl (C=O) groups excluding carboxylic acids is 4. The smallest absolute Gasteiger partial charge is 0.352 e. The number of benzene rings is 2. The minimum atomic E-state index is -1.57. The van der Waals surface area contributed by atoms with Gasteiger partial charge in [0.2, 0.25) is 5.91 Å². The zero-order valence-electron chi connectivity index (χ0n) is 24.6. The number of carbonyl (C=O) groups is 6. The Morgan fingerprint density at radius 3 is 2.38 bits per heavy atom. The number of ether oxygens (including phenoxy) is 2. The highest BCUT2D eigenvalue weighted by Gasteiger charge is 2.54. The van der Waals surface area contributed by atoms with Crippen molar-refractivity contribution in [3.8, 4) is 17.2 Å². The van der Waals surface area contributed by atoms with E-state index in [1.807, 2.05) is 0 Å². The largest absolute Gasteiger partial charge is 0.504 e. The average molecular weight is 684 g/mol. The quantitative estimate of drug-likeness (QED) is 0.0693. The number of nitrogens with zero attached hydrogens (tertiary/aromatic N) is 1. The molecule has 1 fully saturated rings. The number of carboxylic acid groups (broad SMARTS) is 2. The summed E-state index contributed by atoms with van der Waals surface area (Å²) in [6, 6.07) is 5.63. The summed E-state index contributed by atoms with van der Waals surface area (Å²) in [5.41, 5.74) is -1.92. The molecule has 17 nitrogen and oxygen atoms in total. The molecule has 1 unspecified atom stereocenters. The van der Waals surface area contributed by atoms with E-state index < -0.39 is 82.4 Å². The maximum Gasteiger partial charge on any atom is 0.352 e. The Morgan fingerprint density at radius 1 is 1.04 bits per heavy atom. The highest BCUT2D eigenvalue weighted by molar-refractivity contribution is 8.00. The number of carboxylic acids is 2. The molecule has 3 amide bonds. The van der Waals surface area contributed by atoms with Gasteiger partial charge in [-0.05, 0) is 29.8 Å². The Morgan fingerprint density at radius 2 is 1.73 bits per heavy atom. The van der Waals surface area contributed by atoms with Crippen LogP contribution in [0.25, 0.3) is 11.0 Å². The summed E-state index contributed by atoms with van der Waals surface area (Å²) < 4.78 is 15.1. The number of aliphatic carboxylic acids is 2. The molecule has 0 aliphatic carbocycles. The number of esters is 1. The Kier molecular flexibility index (Phi) is 9.28. The number of phenolic OH excluding ortho intramolecular Hbond substituents is 2. The predicted octanol–water partition coefficient (Wildman–Crippen LogP) is 0.440. The molecule has 2 aromatic carbocycles. The number of aromatic hydroxyl groups is 2. The Balaban J connectivity index is 1.41. The number of hydrogen-bond donors (Lipinski definition) is 6. The van der Waals surface area contributed by atoms with E-state index in [9.17, 15) is 48.9 Å². The minimum Gasteiger partial charge on any atom is -0.504 e. The van der Waals surface area contributed by atoms with Gasteiger partial charge in [-0.3, -0.25) is 24.1 Å². The van der Waals surface area contributed by atoms with Crippen molar-refractivity contribution in [1.29, 1.82) is 0 Å². The number of hydrogen-bond acceptors (Lipinski definition) is 13. The van der Waals surface area contributed by atoms with Gasteiger partial charge in [0.25, 0.3) is 11.8 Å². The molecule has 1 saturated heterocycles. The molecule has 5 rings (SSSR count). The lowest BCUT2D eigenvalue weighted by molar-refractivity contribution is -0.151. The van der Waals surface area contributed by atoms with Crippen molar-refractivity contribution >= 4 is 58.4 Å². The van der Waals surface area contributed by atoms with Gasteiger partial charge in [0.1, 0.15) is 46.7 Å². The molecular formula is C30H25N3O14S. The fraction of sp³-hybridized carbons (Fsp3) is 0.233. The maximum absolute atomic E-state index is 13.7. The summed E-state index contributed by atoms with van der Waals surface area (Å²) in [4.78, 5) is 88.1. The van der Waals surface area contributed by atoms with Crippen molar-refractivity contribution in [2.24, 2.45) is 0 Å². The SMILES string of the molecule is CC(=O)OCC1=C(C(=O)O)N2C(=O)[C@@H](NC(=O)C(NC(=O)c3cc4cc(O)c(O)cc4oc3=O)c3ccc(OCC(=O)O)cc3)[C@@H]2SC1.